The maximum absolute atomic E-state index is 5.30. The van der Waals surface area contributed by atoms with Crippen molar-refractivity contribution in [3.63, 3.8) is 0 Å². The van der Waals surface area contributed by atoms with Crippen LogP contribution in [0.5, 0.6) is 0 Å². The van der Waals surface area contributed by atoms with Crippen LogP contribution in [-0.2, 0) is 8.85 Å². The second-order valence-corrected chi connectivity index (χ2v) is 3.75. The van der Waals surface area contributed by atoms with E-state index in [1.165, 1.54) is 0 Å². The Morgan fingerprint density at radius 1 is 1.30 bits per heavy atom. The van der Waals surface area contributed by atoms with Crippen molar-refractivity contribution in [3.8, 4) is 0 Å². The van der Waals surface area contributed by atoms with E-state index in [0.717, 1.165) is 25.6 Å². The molecule has 0 saturated heterocycles. The van der Waals surface area contributed by atoms with Gasteiger partial charge in [-0.25, -0.2) is 0 Å². The van der Waals surface area contributed by atoms with Crippen LogP contribution in [0, 0.1) is 5.92 Å². The Morgan fingerprint density at radius 2 is 2.00 bits per heavy atom. The van der Waals surface area contributed by atoms with Crippen LogP contribution in [0.25, 0.3) is 0 Å². The smallest absolute Gasteiger partial charge is 0.304 e. The maximum atomic E-state index is 5.30. The van der Waals surface area contributed by atoms with Crippen LogP contribution >= 0.6 is 0 Å². The zero-order valence-electron chi connectivity index (χ0n) is 7.22. The van der Waals surface area contributed by atoms with Gasteiger partial charge in [0.05, 0.1) is 0 Å². The summed E-state index contributed by atoms with van der Waals surface area (Å²) in [5, 5.41) is 0. The first-order valence-corrected chi connectivity index (χ1v) is 5.08. The van der Waals surface area contributed by atoms with Crippen LogP contribution in [0.2, 0.25) is 0 Å². The van der Waals surface area contributed by atoms with E-state index in [1.54, 1.807) is 0 Å². The molecule has 0 atom stereocenters. The minimum absolute atomic E-state index is 0.632. The van der Waals surface area contributed by atoms with Crippen LogP contribution in [0.3, 0.4) is 0 Å². The summed E-state index contributed by atoms with van der Waals surface area (Å²) < 4.78 is 10.4. The second kappa shape index (κ2) is 7.25. The van der Waals surface area contributed by atoms with Crippen molar-refractivity contribution >= 4 is 10.0 Å². The number of hydrogen-bond donors (Lipinski definition) is 0. The molecule has 10 heavy (non-hydrogen) atoms. The fourth-order valence-electron chi connectivity index (χ4n) is 0.520. The summed E-state index contributed by atoms with van der Waals surface area (Å²) in [5.41, 5.74) is 0. The van der Waals surface area contributed by atoms with E-state index >= 15 is 0 Å². The van der Waals surface area contributed by atoms with Crippen molar-refractivity contribution < 1.29 is 8.85 Å². The predicted molar refractivity (Wildman–Crippen MR) is 45.6 cm³/mol. The number of rotatable bonds is 6. The molecule has 0 aliphatic carbocycles. The van der Waals surface area contributed by atoms with E-state index in [-0.39, 0.29) is 0 Å². The molecule has 0 aromatic rings. The Morgan fingerprint density at radius 3 is 2.50 bits per heavy atom. The topological polar surface area (TPSA) is 18.5 Å². The van der Waals surface area contributed by atoms with Crippen LogP contribution in [-0.4, -0.2) is 23.2 Å². The van der Waals surface area contributed by atoms with Gasteiger partial charge in [-0.2, -0.15) is 0 Å². The Bertz CT molecular complexity index is 66.6. The zero-order chi connectivity index (χ0) is 7.82. The second-order valence-electron chi connectivity index (χ2n) is 2.70. The molecule has 0 N–H and O–H groups in total. The van der Waals surface area contributed by atoms with E-state index in [0.29, 0.717) is 0 Å². The van der Waals surface area contributed by atoms with Gasteiger partial charge in [-0.1, -0.05) is 13.8 Å². The van der Waals surface area contributed by atoms with Crippen molar-refractivity contribution in [1.82, 2.24) is 0 Å². The van der Waals surface area contributed by atoms with Gasteiger partial charge in [0, 0.05) is 13.2 Å². The minimum atomic E-state index is -0.632. The fraction of sp³-hybridized carbons (Fsp3) is 1.00. The van der Waals surface area contributed by atoms with E-state index in [4.69, 9.17) is 8.85 Å². The lowest BCUT2D eigenvalue weighted by atomic mass is 10.2. The van der Waals surface area contributed by atoms with Gasteiger partial charge >= 0.3 is 10.0 Å². The van der Waals surface area contributed by atoms with Crippen LogP contribution in [0.4, 0.5) is 0 Å². The van der Waals surface area contributed by atoms with Gasteiger partial charge in [0.25, 0.3) is 0 Å². The lowest BCUT2D eigenvalue weighted by Crippen LogP contribution is -2.06. The zero-order valence-corrected chi connectivity index (χ0v) is 8.64. The standard InChI is InChI=1S/C7H18O2Si/c1-4-8-10-9-6-5-7(2)3/h7H,4-6,10H2,1-3H3. The molecule has 0 fully saturated rings. The molecule has 62 valence electrons. The van der Waals surface area contributed by atoms with E-state index in [2.05, 4.69) is 13.8 Å². The first-order chi connectivity index (χ1) is 4.77. The molecule has 0 heterocycles. The number of hydrogen-bond acceptors (Lipinski definition) is 2. The summed E-state index contributed by atoms with van der Waals surface area (Å²) in [6, 6.07) is 0. The molecule has 0 aliphatic rings. The molecule has 2 nitrogen and oxygen atoms in total. The summed E-state index contributed by atoms with van der Waals surface area (Å²) in [6.07, 6.45) is 1.15. The fourth-order valence-corrected chi connectivity index (χ4v) is 1.09. The van der Waals surface area contributed by atoms with Crippen molar-refractivity contribution in [3.05, 3.63) is 0 Å². The normalized spacial score (nSPS) is 12.0. The summed E-state index contributed by atoms with van der Waals surface area (Å²) >= 11 is 0. The van der Waals surface area contributed by atoms with Crippen molar-refractivity contribution in [2.24, 2.45) is 5.92 Å². The highest BCUT2D eigenvalue weighted by atomic mass is 28.3. The lowest BCUT2D eigenvalue weighted by Gasteiger charge is -2.05. The average molecular weight is 162 g/mol. The molecule has 0 amide bonds. The molecule has 0 aliphatic heterocycles. The third-order valence-corrected chi connectivity index (χ3v) is 2.24. The van der Waals surface area contributed by atoms with Gasteiger partial charge < -0.3 is 8.85 Å². The third kappa shape index (κ3) is 8.14. The van der Waals surface area contributed by atoms with E-state index in [9.17, 15) is 0 Å². The lowest BCUT2D eigenvalue weighted by molar-refractivity contribution is 0.219. The molecule has 0 rings (SSSR count). The van der Waals surface area contributed by atoms with Gasteiger partial charge in [-0.3, -0.25) is 0 Å². The van der Waals surface area contributed by atoms with Crippen LogP contribution in [0.1, 0.15) is 27.2 Å². The van der Waals surface area contributed by atoms with Gasteiger partial charge in [0.2, 0.25) is 0 Å². The predicted octanol–water partition coefficient (Wildman–Crippen LogP) is 1.08. The Balaban J connectivity index is 2.77. The largest absolute Gasteiger partial charge is 0.399 e. The maximum Gasteiger partial charge on any atom is 0.304 e. The van der Waals surface area contributed by atoms with E-state index < -0.39 is 10.0 Å². The Hall–Kier alpha value is 0.137. The molecule has 0 radical (unpaired) electrons. The van der Waals surface area contributed by atoms with Crippen LogP contribution in [0.15, 0.2) is 0 Å². The molecule has 0 aromatic carbocycles. The molecule has 0 saturated carbocycles. The quantitative estimate of drug-likeness (QED) is 0.430. The van der Waals surface area contributed by atoms with E-state index in [1.807, 2.05) is 6.92 Å². The van der Waals surface area contributed by atoms with Gasteiger partial charge in [-0.15, -0.1) is 0 Å². The first kappa shape index (κ1) is 10.1. The summed E-state index contributed by atoms with van der Waals surface area (Å²) in [6.45, 7) is 8.08. The molecule has 3 heteroatoms. The SMILES string of the molecule is CCO[SiH2]OCCC(C)C. The molecule has 0 unspecified atom stereocenters. The van der Waals surface area contributed by atoms with Crippen molar-refractivity contribution in [2.75, 3.05) is 13.2 Å². The highest BCUT2D eigenvalue weighted by molar-refractivity contribution is 6.17. The molecular formula is C7H18O2Si. The first-order valence-electron chi connectivity index (χ1n) is 3.92. The molecule has 0 bridgehead atoms. The summed E-state index contributed by atoms with van der Waals surface area (Å²) in [4.78, 5) is 0. The third-order valence-electron chi connectivity index (χ3n) is 1.21. The highest BCUT2D eigenvalue weighted by Gasteiger charge is 1.92. The minimum Gasteiger partial charge on any atom is -0.399 e. The average Bonchev–Trinajstić information content (AvgIpc) is 1.87. The highest BCUT2D eigenvalue weighted by Crippen LogP contribution is 1.97. The van der Waals surface area contributed by atoms with Gasteiger partial charge in [0.1, 0.15) is 0 Å². The van der Waals surface area contributed by atoms with Crippen LogP contribution < -0.4 is 0 Å². The Kier molecular flexibility index (Phi) is 7.35. The van der Waals surface area contributed by atoms with Crippen molar-refractivity contribution in [1.29, 1.82) is 0 Å². The Labute approximate surface area is 66.0 Å². The summed E-state index contributed by atoms with van der Waals surface area (Å²) in [5.74, 6) is 0.746. The molecule has 0 aromatic heterocycles. The monoisotopic (exact) mass is 162 g/mol. The molecule has 0 spiro atoms. The summed E-state index contributed by atoms with van der Waals surface area (Å²) in [7, 11) is -0.632. The molecular weight excluding hydrogens is 144 g/mol. The van der Waals surface area contributed by atoms with Gasteiger partial charge in [-0.05, 0) is 19.3 Å². The van der Waals surface area contributed by atoms with Crippen molar-refractivity contribution in [2.45, 2.75) is 27.2 Å². The van der Waals surface area contributed by atoms with Gasteiger partial charge in [0.15, 0.2) is 0 Å².